The first-order chi connectivity index (χ1) is 41.0. The quantitative estimate of drug-likeness (QED) is 0.0261. The van der Waals surface area contributed by atoms with Crippen LogP contribution in [0.1, 0.15) is 303 Å². The zero-order valence-electron chi connectivity index (χ0n) is 53.9. The van der Waals surface area contributed by atoms with Crippen LogP contribution in [0.15, 0.2) is 146 Å². The van der Waals surface area contributed by atoms with Gasteiger partial charge in [0.15, 0.2) is 6.10 Å². The summed E-state index contributed by atoms with van der Waals surface area (Å²) < 4.78 is 16.9. The van der Waals surface area contributed by atoms with E-state index >= 15 is 0 Å². The fourth-order valence-electron chi connectivity index (χ4n) is 9.17. The maximum Gasteiger partial charge on any atom is 0.306 e. The van der Waals surface area contributed by atoms with Gasteiger partial charge in [-0.2, -0.15) is 0 Å². The second-order valence-electron chi connectivity index (χ2n) is 22.3. The molecular formula is C77H126O6. The summed E-state index contributed by atoms with van der Waals surface area (Å²) in [6.07, 6.45) is 100.0. The van der Waals surface area contributed by atoms with Crippen LogP contribution in [0.5, 0.6) is 0 Å². The van der Waals surface area contributed by atoms with Crippen molar-refractivity contribution in [3.05, 3.63) is 146 Å². The van der Waals surface area contributed by atoms with E-state index in [0.29, 0.717) is 19.3 Å². The molecule has 0 amide bonds. The zero-order chi connectivity index (χ0) is 59.9. The standard InChI is InChI=1S/C77H126O6/c1-4-7-10-13-16-19-22-25-27-29-31-32-33-34-35-36-37-38-39-40-41-42-43-44-46-47-49-52-55-58-61-64-67-70-76(79)82-73-74(72-81-75(78)69-66-63-60-57-54-51-24-21-18-15-12-9-6-3)83-77(80)71-68-65-62-59-56-53-50-48-45-30-28-26-23-20-17-14-11-8-5-2/h7,10,16-17,19-21,24-28,31-32,34-35,37-38,40-41,43-45,48,74H,4-6,8-9,11-15,18,22-23,29-30,33,36,39,42,46-47,49-73H2,1-3H3/b10-7-,19-16-,20-17-,24-21-,27-25-,28-26-,32-31-,35-34-,38-37-,41-40-,44-43-,48-45-. The molecule has 0 aromatic rings. The van der Waals surface area contributed by atoms with Crippen LogP contribution < -0.4 is 0 Å². The number of ether oxygens (including phenoxy) is 3. The van der Waals surface area contributed by atoms with E-state index in [-0.39, 0.29) is 31.1 Å². The summed E-state index contributed by atoms with van der Waals surface area (Å²) in [5.41, 5.74) is 0. The van der Waals surface area contributed by atoms with Gasteiger partial charge < -0.3 is 14.2 Å². The third-order valence-electron chi connectivity index (χ3n) is 14.3. The largest absolute Gasteiger partial charge is 0.462 e. The molecule has 0 spiro atoms. The molecule has 470 valence electrons. The fourth-order valence-corrected chi connectivity index (χ4v) is 9.17. The van der Waals surface area contributed by atoms with Crippen molar-refractivity contribution in [2.24, 2.45) is 0 Å². The molecule has 1 atom stereocenters. The number of hydrogen-bond acceptors (Lipinski definition) is 6. The van der Waals surface area contributed by atoms with Crippen LogP contribution in [0.2, 0.25) is 0 Å². The van der Waals surface area contributed by atoms with Crippen LogP contribution in [0, 0.1) is 0 Å². The van der Waals surface area contributed by atoms with Gasteiger partial charge in [-0.25, -0.2) is 0 Å². The average molecular weight is 1150 g/mol. The summed E-state index contributed by atoms with van der Waals surface area (Å²) in [4.78, 5) is 38.4. The minimum Gasteiger partial charge on any atom is -0.462 e. The first-order valence-electron chi connectivity index (χ1n) is 34.3. The SMILES string of the molecule is CC/C=C\C/C=C\C/C=C\C/C=C\C/C=C\C/C=C\C/C=C\C/C=C\CCCCCCCCCCC(=O)OCC(COC(=O)CCCCCCC/C=C\CCCCCC)OC(=O)CCCCCCCC/C=C\C/C=C\C/C=C\CCCCC. The Hall–Kier alpha value is -4.71. The summed E-state index contributed by atoms with van der Waals surface area (Å²) >= 11 is 0. The summed E-state index contributed by atoms with van der Waals surface area (Å²) in [5.74, 6) is -0.919. The van der Waals surface area contributed by atoms with Crippen LogP contribution in [0.25, 0.3) is 0 Å². The Kier molecular flexibility index (Phi) is 65.8. The summed E-state index contributed by atoms with van der Waals surface area (Å²) in [6, 6.07) is 0. The van der Waals surface area contributed by atoms with Crippen molar-refractivity contribution in [3.63, 3.8) is 0 Å². The molecule has 0 aliphatic carbocycles. The molecule has 0 aliphatic heterocycles. The summed E-state index contributed by atoms with van der Waals surface area (Å²) in [6.45, 7) is 6.47. The lowest BCUT2D eigenvalue weighted by molar-refractivity contribution is -0.167. The number of carbonyl (C=O) groups excluding carboxylic acids is 3. The van der Waals surface area contributed by atoms with Crippen molar-refractivity contribution in [3.8, 4) is 0 Å². The number of unbranched alkanes of at least 4 members (excludes halogenated alkanes) is 26. The molecule has 0 bridgehead atoms. The van der Waals surface area contributed by atoms with Crippen molar-refractivity contribution < 1.29 is 28.6 Å². The van der Waals surface area contributed by atoms with Crippen molar-refractivity contribution >= 4 is 17.9 Å². The molecule has 0 fully saturated rings. The normalized spacial score (nSPS) is 13.0. The van der Waals surface area contributed by atoms with Crippen LogP contribution in [0.4, 0.5) is 0 Å². The molecule has 0 aromatic carbocycles. The van der Waals surface area contributed by atoms with Crippen molar-refractivity contribution in [2.75, 3.05) is 13.2 Å². The molecule has 6 nitrogen and oxygen atoms in total. The lowest BCUT2D eigenvalue weighted by atomic mass is 10.1. The molecule has 0 aromatic heterocycles. The molecule has 6 heteroatoms. The molecule has 0 rings (SSSR count). The van der Waals surface area contributed by atoms with Crippen molar-refractivity contribution in [2.45, 2.75) is 309 Å². The molecule has 0 saturated heterocycles. The minimum absolute atomic E-state index is 0.0934. The van der Waals surface area contributed by atoms with Gasteiger partial charge in [0, 0.05) is 19.3 Å². The van der Waals surface area contributed by atoms with Gasteiger partial charge in [0.2, 0.25) is 0 Å². The van der Waals surface area contributed by atoms with Gasteiger partial charge in [0.25, 0.3) is 0 Å². The fraction of sp³-hybridized carbons (Fsp3) is 0.649. The molecule has 0 aliphatic rings. The van der Waals surface area contributed by atoms with E-state index in [1.54, 1.807) is 0 Å². The van der Waals surface area contributed by atoms with Gasteiger partial charge in [-0.15, -0.1) is 0 Å². The Labute approximate surface area is 512 Å². The van der Waals surface area contributed by atoms with E-state index in [2.05, 4.69) is 167 Å². The maximum atomic E-state index is 12.9. The highest BCUT2D eigenvalue weighted by molar-refractivity contribution is 5.71. The van der Waals surface area contributed by atoms with Gasteiger partial charge in [-0.05, 0) is 148 Å². The Morgan fingerprint density at radius 1 is 0.253 bits per heavy atom. The number of rotatable bonds is 61. The van der Waals surface area contributed by atoms with Crippen LogP contribution in [-0.2, 0) is 28.6 Å². The lowest BCUT2D eigenvalue weighted by Crippen LogP contribution is -2.30. The van der Waals surface area contributed by atoms with Crippen molar-refractivity contribution in [1.29, 1.82) is 0 Å². The second-order valence-corrected chi connectivity index (χ2v) is 22.3. The number of esters is 3. The second kappa shape index (κ2) is 69.8. The molecular weight excluding hydrogens is 1020 g/mol. The summed E-state index contributed by atoms with van der Waals surface area (Å²) in [5, 5.41) is 0. The highest BCUT2D eigenvalue weighted by Crippen LogP contribution is 2.15. The minimum atomic E-state index is -0.798. The number of carbonyl (C=O) groups is 3. The first kappa shape index (κ1) is 78.3. The Balaban J connectivity index is 4.33. The zero-order valence-corrected chi connectivity index (χ0v) is 53.9. The van der Waals surface area contributed by atoms with E-state index < -0.39 is 6.10 Å². The predicted octanol–water partition coefficient (Wildman–Crippen LogP) is 23.9. The van der Waals surface area contributed by atoms with E-state index in [1.165, 1.54) is 109 Å². The Morgan fingerprint density at radius 2 is 0.470 bits per heavy atom. The molecule has 0 saturated carbocycles. The van der Waals surface area contributed by atoms with Crippen LogP contribution >= 0.6 is 0 Å². The topological polar surface area (TPSA) is 78.9 Å². The average Bonchev–Trinajstić information content (AvgIpc) is 3.49. The number of allylic oxidation sites excluding steroid dienone is 24. The van der Waals surface area contributed by atoms with Crippen LogP contribution in [-0.4, -0.2) is 37.2 Å². The van der Waals surface area contributed by atoms with E-state index in [1.807, 2.05) is 0 Å². The number of hydrogen-bond donors (Lipinski definition) is 0. The monoisotopic (exact) mass is 1150 g/mol. The van der Waals surface area contributed by atoms with Gasteiger partial charge in [0.05, 0.1) is 0 Å². The molecule has 1 unspecified atom stereocenters. The maximum absolute atomic E-state index is 12.9. The van der Waals surface area contributed by atoms with Gasteiger partial charge in [0.1, 0.15) is 13.2 Å². The third kappa shape index (κ3) is 68.0. The van der Waals surface area contributed by atoms with E-state index in [9.17, 15) is 14.4 Å². The highest BCUT2D eigenvalue weighted by Gasteiger charge is 2.19. The highest BCUT2D eigenvalue weighted by atomic mass is 16.6. The van der Waals surface area contributed by atoms with Gasteiger partial charge >= 0.3 is 17.9 Å². The molecule has 0 N–H and O–H groups in total. The predicted molar refractivity (Wildman–Crippen MR) is 362 cm³/mol. The van der Waals surface area contributed by atoms with Crippen molar-refractivity contribution in [1.82, 2.24) is 0 Å². The smallest absolute Gasteiger partial charge is 0.306 e. The van der Waals surface area contributed by atoms with Gasteiger partial charge in [-0.3, -0.25) is 14.4 Å². The Morgan fingerprint density at radius 3 is 0.771 bits per heavy atom. The van der Waals surface area contributed by atoms with Gasteiger partial charge in [-0.1, -0.05) is 282 Å². The third-order valence-corrected chi connectivity index (χ3v) is 14.3. The first-order valence-corrected chi connectivity index (χ1v) is 34.3. The molecule has 0 heterocycles. The summed E-state index contributed by atoms with van der Waals surface area (Å²) in [7, 11) is 0. The Bertz CT molecular complexity index is 1800. The molecule has 0 radical (unpaired) electrons. The lowest BCUT2D eigenvalue weighted by Gasteiger charge is -2.18. The van der Waals surface area contributed by atoms with Crippen LogP contribution in [0.3, 0.4) is 0 Å². The van der Waals surface area contributed by atoms with E-state index in [0.717, 1.165) is 154 Å². The molecule has 83 heavy (non-hydrogen) atoms. The van der Waals surface area contributed by atoms with E-state index in [4.69, 9.17) is 14.2 Å².